The van der Waals surface area contributed by atoms with Crippen molar-refractivity contribution in [2.24, 2.45) is 0 Å². The molecule has 0 radical (unpaired) electrons. The minimum Gasteiger partial charge on any atom is -0.480 e. The van der Waals surface area contributed by atoms with Crippen molar-refractivity contribution in [3.8, 4) is 0 Å². The summed E-state index contributed by atoms with van der Waals surface area (Å²) in [5.74, 6) is -2.47. The molecule has 0 rings (SSSR count). The maximum absolute atomic E-state index is 11.6. The summed E-state index contributed by atoms with van der Waals surface area (Å²) in [5, 5.41) is 57.1. The van der Waals surface area contributed by atoms with Crippen LogP contribution in [0.2, 0.25) is 0 Å². The zero-order valence-electron chi connectivity index (χ0n) is 11.7. The molecule has 0 spiro atoms. The van der Waals surface area contributed by atoms with Crippen molar-refractivity contribution in [3.63, 3.8) is 0 Å². The standard InChI is InChI=1S/C12H23NO8/c1-2-3-4-6(12(20)21)13-11(19)10(18)9(17)8(16)7(15)5-14/h6-10,14-18H,2-5H2,1H3,(H,13,19)(H,20,21)/t6-,7-,8-,9-,10-/m1/s1. The molecule has 0 saturated heterocycles. The number of carbonyl (C=O) groups excluding carboxylic acids is 1. The van der Waals surface area contributed by atoms with Crippen molar-refractivity contribution < 1.29 is 40.2 Å². The molecule has 5 atom stereocenters. The number of aliphatic hydroxyl groups excluding tert-OH is 5. The summed E-state index contributed by atoms with van der Waals surface area (Å²) >= 11 is 0. The van der Waals surface area contributed by atoms with Crippen LogP contribution in [-0.2, 0) is 9.59 Å². The first kappa shape index (κ1) is 19.7. The number of unbranched alkanes of at least 4 members (excludes halogenated alkanes) is 1. The average Bonchev–Trinajstić information content (AvgIpc) is 2.47. The average molecular weight is 309 g/mol. The van der Waals surface area contributed by atoms with E-state index in [9.17, 15) is 24.9 Å². The Morgan fingerprint density at radius 3 is 2.10 bits per heavy atom. The lowest BCUT2D eigenvalue weighted by Gasteiger charge is -2.26. The molecule has 9 heteroatoms. The predicted molar refractivity (Wildman–Crippen MR) is 70.2 cm³/mol. The monoisotopic (exact) mass is 309 g/mol. The van der Waals surface area contributed by atoms with Crippen LogP contribution < -0.4 is 5.32 Å². The van der Waals surface area contributed by atoms with Crippen LogP contribution in [0.3, 0.4) is 0 Å². The fraction of sp³-hybridized carbons (Fsp3) is 0.833. The molecule has 0 saturated carbocycles. The number of nitrogens with one attached hydrogen (secondary N) is 1. The highest BCUT2D eigenvalue weighted by molar-refractivity contribution is 5.86. The van der Waals surface area contributed by atoms with Crippen molar-refractivity contribution in [2.75, 3.05) is 6.61 Å². The lowest BCUT2D eigenvalue weighted by molar-refractivity contribution is -0.153. The Kier molecular flexibility index (Phi) is 9.06. The zero-order chi connectivity index (χ0) is 16.6. The van der Waals surface area contributed by atoms with Gasteiger partial charge in [0.2, 0.25) is 0 Å². The third-order valence-electron chi connectivity index (χ3n) is 2.98. The molecule has 0 aliphatic carbocycles. The molecule has 0 aromatic rings. The van der Waals surface area contributed by atoms with E-state index in [0.717, 1.165) is 0 Å². The summed E-state index contributed by atoms with van der Waals surface area (Å²) < 4.78 is 0. The van der Waals surface area contributed by atoms with Gasteiger partial charge in [0.05, 0.1) is 6.61 Å². The fourth-order valence-corrected chi connectivity index (χ4v) is 1.60. The molecular formula is C12H23NO8. The second-order valence-corrected chi connectivity index (χ2v) is 4.72. The summed E-state index contributed by atoms with van der Waals surface area (Å²) in [6.45, 7) is 0.965. The van der Waals surface area contributed by atoms with E-state index in [1.54, 1.807) is 0 Å². The van der Waals surface area contributed by atoms with Gasteiger partial charge in [-0.05, 0) is 6.42 Å². The van der Waals surface area contributed by atoms with Crippen LogP contribution >= 0.6 is 0 Å². The summed E-state index contributed by atoms with van der Waals surface area (Å²) in [4.78, 5) is 22.6. The highest BCUT2D eigenvalue weighted by atomic mass is 16.4. The number of rotatable bonds is 10. The molecule has 0 aromatic heterocycles. The van der Waals surface area contributed by atoms with Gasteiger partial charge in [-0.2, -0.15) is 0 Å². The number of amides is 1. The Morgan fingerprint density at radius 1 is 1.10 bits per heavy atom. The van der Waals surface area contributed by atoms with Crippen LogP contribution in [0.4, 0.5) is 0 Å². The van der Waals surface area contributed by atoms with Gasteiger partial charge in [-0.15, -0.1) is 0 Å². The fourth-order valence-electron chi connectivity index (χ4n) is 1.60. The van der Waals surface area contributed by atoms with E-state index in [1.807, 2.05) is 12.2 Å². The van der Waals surface area contributed by atoms with Gasteiger partial charge in [0.15, 0.2) is 6.10 Å². The molecule has 1 amide bonds. The third-order valence-corrected chi connectivity index (χ3v) is 2.98. The quantitative estimate of drug-likeness (QED) is 0.227. The van der Waals surface area contributed by atoms with Crippen molar-refractivity contribution in [1.29, 1.82) is 0 Å². The molecule has 21 heavy (non-hydrogen) atoms. The number of hydrogen-bond acceptors (Lipinski definition) is 7. The van der Waals surface area contributed by atoms with Crippen molar-refractivity contribution in [1.82, 2.24) is 5.32 Å². The summed E-state index contributed by atoms with van der Waals surface area (Å²) in [5.41, 5.74) is 0. The first-order valence-corrected chi connectivity index (χ1v) is 6.62. The Bertz CT molecular complexity index is 337. The molecule has 0 aliphatic rings. The summed E-state index contributed by atoms with van der Waals surface area (Å²) in [6.07, 6.45) is -6.47. The Labute approximate surface area is 121 Å². The minimum absolute atomic E-state index is 0.155. The lowest BCUT2D eigenvalue weighted by atomic mass is 10.0. The largest absolute Gasteiger partial charge is 0.480 e. The molecule has 0 bridgehead atoms. The van der Waals surface area contributed by atoms with E-state index >= 15 is 0 Å². The molecule has 0 unspecified atom stereocenters. The van der Waals surface area contributed by atoms with Crippen molar-refractivity contribution >= 4 is 11.9 Å². The van der Waals surface area contributed by atoms with Gasteiger partial charge >= 0.3 is 5.97 Å². The summed E-state index contributed by atoms with van der Waals surface area (Å²) in [7, 11) is 0. The van der Waals surface area contributed by atoms with Crippen LogP contribution in [0.25, 0.3) is 0 Å². The van der Waals surface area contributed by atoms with Crippen LogP contribution in [0.15, 0.2) is 0 Å². The Hall–Kier alpha value is -1.26. The molecule has 7 N–H and O–H groups in total. The van der Waals surface area contributed by atoms with Crippen LogP contribution in [0.5, 0.6) is 0 Å². The van der Waals surface area contributed by atoms with Crippen LogP contribution in [0, 0.1) is 0 Å². The van der Waals surface area contributed by atoms with Gasteiger partial charge in [0.25, 0.3) is 5.91 Å². The van der Waals surface area contributed by atoms with Crippen LogP contribution in [-0.4, -0.2) is 79.6 Å². The normalized spacial score (nSPS) is 18.4. The minimum atomic E-state index is -2.13. The molecular weight excluding hydrogens is 286 g/mol. The van der Waals surface area contributed by atoms with E-state index in [0.29, 0.717) is 12.8 Å². The topological polar surface area (TPSA) is 168 Å². The van der Waals surface area contributed by atoms with Gasteiger partial charge in [-0.25, -0.2) is 4.79 Å². The molecule has 0 aromatic carbocycles. The number of carboxylic acid groups (broad SMARTS) is 1. The number of aliphatic hydroxyl groups is 5. The second-order valence-electron chi connectivity index (χ2n) is 4.72. The molecule has 0 heterocycles. The van der Waals surface area contributed by atoms with E-state index in [-0.39, 0.29) is 6.42 Å². The Balaban J connectivity index is 4.64. The van der Waals surface area contributed by atoms with Gasteiger partial charge in [-0.1, -0.05) is 19.8 Å². The first-order valence-electron chi connectivity index (χ1n) is 6.62. The molecule has 9 nitrogen and oxygen atoms in total. The Morgan fingerprint density at radius 2 is 1.67 bits per heavy atom. The lowest BCUT2D eigenvalue weighted by Crippen LogP contribution is -2.54. The van der Waals surface area contributed by atoms with Crippen molar-refractivity contribution in [2.45, 2.75) is 56.6 Å². The van der Waals surface area contributed by atoms with Gasteiger partial charge in [0, 0.05) is 0 Å². The van der Waals surface area contributed by atoms with Gasteiger partial charge in [-0.3, -0.25) is 4.79 Å². The SMILES string of the molecule is CCCC[C@@H](NC(=O)[C@H](O)[C@H](O)[C@H](O)[C@H](O)CO)C(=O)O. The van der Waals surface area contributed by atoms with E-state index in [4.69, 9.17) is 15.3 Å². The predicted octanol–water partition coefficient (Wildman–Crippen LogP) is -2.82. The molecule has 124 valence electrons. The molecule has 0 aliphatic heterocycles. The van der Waals surface area contributed by atoms with E-state index < -0.39 is 48.9 Å². The highest BCUT2D eigenvalue weighted by Gasteiger charge is 2.35. The van der Waals surface area contributed by atoms with Gasteiger partial charge in [0.1, 0.15) is 24.4 Å². The highest BCUT2D eigenvalue weighted by Crippen LogP contribution is 2.07. The zero-order valence-corrected chi connectivity index (χ0v) is 11.7. The van der Waals surface area contributed by atoms with Crippen LogP contribution in [0.1, 0.15) is 26.2 Å². The smallest absolute Gasteiger partial charge is 0.326 e. The maximum Gasteiger partial charge on any atom is 0.326 e. The number of carboxylic acids is 1. The van der Waals surface area contributed by atoms with Crippen molar-refractivity contribution in [3.05, 3.63) is 0 Å². The third kappa shape index (κ3) is 6.36. The maximum atomic E-state index is 11.6. The number of carbonyl (C=O) groups is 2. The first-order chi connectivity index (χ1) is 9.76. The van der Waals surface area contributed by atoms with Gasteiger partial charge < -0.3 is 36.0 Å². The number of hydrogen-bond donors (Lipinski definition) is 7. The van der Waals surface area contributed by atoms with E-state index in [2.05, 4.69) is 0 Å². The second kappa shape index (κ2) is 9.64. The molecule has 0 fully saturated rings. The summed E-state index contributed by atoms with van der Waals surface area (Å²) in [6, 6.07) is -1.22. The number of aliphatic carboxylic acids is 1. The van der Waals surface area contributed by atoms with E-state index in [1.165, 1.54) is 0 Å².